The molecule has 0 radical (unpaired) electrons. The second-order valence-corrected chi connectivity index (χ2v) is 7.39. The predicted octanol–water partition coefficient (Wildman–Crippen LogP) is 3.15. The van der Waals surface area contributed by atoms with Crippen LogP contribution in [0.5, 0.6) is 0 Å². The molecule has 2 N–H and O–H groups in total. The second-order valence-electron chi connectivity index (χ2n) is 6.06. The van der Waals surface area contributed by atoms with Crippen LogP contribution in [0.1, 0.15) is 24.2 Å². The maximum Gasteiger partial charge on any atom is 0.278 e. The quantitative estimate of drug-likeness (QED) is 0.492. The molecular formula is C20H18N4O3S. The molecule has 28 heavy (non-hydrogen) atoms. The number of ketones is 1. The van der Waals surface area contributed by atoms with Crippen molar-refractivity contribution in [3.05, 3.63) is 70.5 Å². The Labute approximate surface area is 165 Å². The third-order valence-corrected chi connectivity index (χ3v) is 4.89. The number of aromatic nitrogens is 3. The van der Waals surface area contributed by atoms with Crippen LogP contribution >= 0.6 is 11.8 Å². The van der Waals surface area contributed by atoms with Gasteiger partial charge >= 0.3 is 0 Å². The van der Waals surface area contributed by atoms with Gasteiger partial charge in [-0.25, -0.2) is 0 Å². The molecule has 2 aromatic carbocycles. The van der Waals surface area contributed by atoms with Crippen molar-refractivity contribution < 1.29 is 9.59 Å². The maximum atomic E-state index is 12.4. The lowest BCUT2D eigenvalue weighted by Gasteiger charge is -2.11. The van der Waals surface area contributed by atoms with E-state index in [4.69, 9.17) is 0 Å². The van der Waals surface area contributed by atoms with E-state index in [0.29, 0.717) is 16.8 Å². The summed E-state index contributed by atoms with van der Waals surface area (Å²) in [5.41, 5.74) is 1.58. The van der Waals surface area contributed by atoms with Crippen molar-refractivity contribution in [1.29, 1.82) is 0 Å². The van der Waals surface area contributed by atoms with Gasteiger partial charge in [-0.1, -0.05) is 54.2 Å². The lowest BCUT2D eigenvalue weighted by molar-refractivity contribution is -0.115. The molecular weight excluding hydrogens is 376 g/mol. The van der Waals surface area contributed by atoms with Gasteiger partial charge in [0.1, 0.15) is 0 Å². The highest BCUT2D eigenvalue weighted by atomic mass is 32.2. The molecule has 1 atom stereocenters. The minimum absolute atomic E-state index is 0.0788. The van der Waals surface area contributed by atoms with Gasteiger partial charge in [0.25, 0.3) is 5.56 Å². The standard InChI is InChI=1S/C20H18N4O3S/c1-12(25)15-9-6-10-16(11-15)21-18(26)13(2)28-20-22-19(27)17(23-24-20)14-7-4-3-5-8-14/h3-11,13H,1-2H3,(H,21,26)(H,22,24,27). The molecule has 0 aliphatic rings. The number of H-pyrrole nitrogens is 1. The van der Waals surface area contributed by atoms with Crippen molar-refractivity contribution in [2.24, 2.45) is 0 Å². The number of amides is 1. The number of carbonyl (C=O) groups excluding carboxylic acids is 2. The zero-order chi connectivity index (χ0) is 20.1. The lowest BCUT2D eigenvalue weighted by atomic mass is 10.1. The first-order valence-electron chi connectivity index (χ1n) is 8.55. The van der Waals surface area contributed by atoms with Crippen LogP contribution < -0.4 is 10.9 Å². The smallest absolute Gasteiger partial charge is 0.278 e. The Bertz CT molecular complexity index is 1070. The number of nitrogens with zero attached hydrogens (tertiary/aromatic N) is 2. The molecule has 0 aliphatic heterocycles. The van der Waals surface area contributed by atoms with E-state index < -0.39 is 5.25 Å². The summed E-state index contributed by atoms with van der Waals surface area (Å²) in [6.45, 7) is 3.16. The van der Waals surface area contributed by atoms with E-state index in [-0.39, 0.29) is 28.1 Å². The molecule has 142 valence electrons. The number of Topliss-reactive ketones (excluding diaryl/α,β-unsaturated/α-hetero) is 1. The molecule has 0 spiro atoms. The predicted molar refractivity (Wildman–Crippen MR) is 108 cm³/mol. The number of anilines is 1. The summed E-state index contributed by atoms with van der Waals surface area (Å²) in [7, 11) is 0. The number of benzene rings is 2. The Hall–Kier alpha value is -3.26. The zero-order valence-electron chi connectivity index (χ0n) is 15.3. The second kappa shape index (κ2) is 8.62. The fraction of sp³-hybridized carbons (Fsp3) is 0.150. The first-order chi connectivity index (χ1) is 13.4. The maximum absolute atomic E-state index is 12.4. The van der Waals surface area contributed by atoms with Gasteiger partial charge < -0.3 is 5.32 Å². The van der Waals surface area contributed by atoms with Gasteiger partial charge in [0.2, 0.25) is 5.91 Å². The van der Waals surface area contributed by atoms with E-state index in [1.807, 2.05) is 18.2 Å². The number of thioether (sulfide) groups is 1. The van der Waals surface area contributed by atoms with Crippen molar-refractivity contribution in [3.63, 3.8) is 0 Å². The van der Waals surface area contributed by atoms with Gasteiger partial charge in [-0.3, -0.25) is 19.4 Å². The van der Waals surface area contributed by atoms with Gasteiger partial charge in [0, 0.05) is 16.8 Å². The first kappa shape index (κ1) is 19.5. The molecule has 0 bridgehead atoms. The SMILES string of the molecule is CC(=O)c1cccc(NC(=O)C(C)Sc2nnc(-c3ccccc3)c(=O)[nH]2)c1. The number of hydrogen-bond donors (Lipinski definition) is 2. The fourth-order valence-electron chi connectivity index (χ4n) is 2.44. The zero-order valence-corrected chi connectivity index (χ0v) is 16.1. The molecule has 1 heterocycles. The summed E-state index contributed by atoms with van der Waals surface area (Å²) >= 11 is 1.09. The molecule has 0 fully saturated rings. The third kappa shape index (κ3) is 4.72. The largest absolute Gasteiger partial charge is 0.325 e. The molecule has 1 unspecified atom stereocenters. The van der Waals surface area contributed by atoms with Crippen molar-refractivity contribution in [3.8, 4) is 11.3 Å². The van der Waals surface area contributed by atoms with Crippen molar-refractivity contribution in [1.82, 2.24) is 15.2 Å². The van der Waals surface area contributed by atoms with Crippen LogP contribution in [0.15, 0.2) is 64.5 Å². The van der Waals surface area contributed by atoms with Crippen molar-refractivity contribution in [2.45, 2.75) is 24.3 Å². The summed E-state index contributed by atoms with van der Waals surface area (Å²) in [5, 5.41) is 10.5. The van der Waals surface area contributed by atoms with Gasteiger partial charge in [0.15, 0.2) is 16.6 Å². The highest BCUT2D eigenvalue weighted by molar-refractivity contribution is 8.00. The molecule has 0 aliphatic carbocycles. The van der Waals surface area contributed by atoms with Crippen LogP contribution in [0, 0.1) is 0 Å². The van der Waals surface area contributed by atoms with Crippen LogP contribution in [0.3, 0.4) is 0 Å². The monoisotopic (exact) mass is 394 g/mol. The Morgan fingerprint density at radius 2 is 1.82 bits per heavy atom. The summed E-state index contributed by atoms with van der Waals surface area (Å²) in [6, 6.07) is 15.7. The van der Waals surface area contributed by atoms with Gasteiger partial charge in [-0.15, -0.1) is 10.2 Å². The molecule has 0 saturated carbocycles. The lowest BCUT2D eigenvalue weighted by Crippen LogP contribution is -2.23. The number of nitrogens with one attached hydrogen (secondary N) is 2. The minimum Gasteiger partial charge on any atom is -0.325 e. The molecule has 1 aromatic heterocycles. The average Bonchev–Trinajstić information content (AvgIpc) is 2.69. The van der Waals surface area contributed by atoms with E-state index in [1.165, 1.54) is 6.92 Å². The van der Waals surface area contributed by atoms with Crippen LogP contribution in [0.4, 0.5) is 5.69 Å². The number of hydrogen-bond acceptors (Lipinski definition) is 6. The molecule has 0 saturated heterocycles. The Kier molecular flexibility index (Phi) is 6.00. The molecule has 1 amide bonds. The molecule has 3 rings (SSSR count). The average molecular weight is 394 g/mol. The van der Waals surface area contributed by atoms with Gasteiger partial charge in [0.05, 0.1) is 5.25 Å². The van der Waals surface area contributed by atoms with E-state index >= 15 is 0 Å². The van der Waals surface area contributed by atoms with Crippen molar-refractivity contribution in [2.75, 3.05) is 5.32 Å². The summed E-state index contributed by atoms with van der Waals surface area (Å²) in [5.74, 6) is -0.356. The number of carbonyl (C=O) groups is 2. The van der Waals surface area contributed by atoms with E-state index in [2.05, 4.69) is 20.5 Å². The third-order valence-electron chi connectivity index (χ3n) is 3.92. The number of aromatic amines is 1. The Morgan fingerprint density at radius 1 is 1.07 bits per heavy atom. The highest BCUT2D eigenvalue weighted by Crippen LogP contribution is 2.21. The van der Waals surface area contributed by atoms with E-state index in [1.54, 1.807) is 43.3 Å². The molecule has 3 aromatic rings. The van der Waals surface area contributed by atoms with Crippen LogP contribution in [0.25, 0.3) is 11.3 Å². The number of rotatable bonds is 6. The van der Waals surface area contributed by atoms with Gasteiger partial charge in [-0.2, -0.15) is 0 Å². The van der Waals surface area contributed by atoms with E-state index in [9.17, 15) is 14.4 Å². The van der Waals surface area contributed by atoms with Crippen LogP contribution in [-0.2, 0) is 4.79 Å². The summed E-state index contributed by atoms with van der Waals surface area (Å²) < 4.78 is 0. The van der Waals surface area contributed by atoms with Crippen LogP contribution in [0.2, 0.25) is 0 Å². The summed E-state index contributed by atoms with van der Waals surface area (Å²) in [6.07, 6.45) is 0. The Morgan fingerprint density at radius 3 is 2.50 bits per heavy atom. The topological polar surface area (TPSA) is 105 Å². The normalized spacial score (nSPS) is 11.6. The summed E-state index contributed by atoms with van der Waals surface area (Å²) in [4.78, 5) is 38.8. The fourth-order valence-corrected chi connectivity index (χ4v) is 3.18. The molecule has 7 nitrogen and oxygen atoms in total. The van der Waals surface area contributed by atoms with Gasteiger partial charge in [-0.05, 0) is 26.0 Å². The Balaban J connectivity index is 1.69. The minimum atomic E-state index is -0.534. The van der Waals surface area contributed by atoms with E-state index in [0.717, 1.165) is 11.8 Å². The first-order valence-corrected chi connectivity index (χ1v) is 9.43. The molecule has 8 heteroatoms. The van der Waals surface area contributed by atoms with Crippen molar-refractivity contribution >= 4 is 29.1 Å². The highest BCUT2D eigenvalue weighted by Gasteiger charge is 2.17. The van der Waals surface area contributed by atoms with Crippen LogP contribution in [-0.4, -0.2) is 32.1 Å².